The molecule has 1 N–H and O–H groups in total. The van der Waals surface area contributed by atoms with Crippen LogP contribution < -0.4 is 5.32 Å². The third kappa shape index (κ3) is 2.26. The minimum atomic E-state index is -0.658. The van der Waals surface area contributed by atoms with Gasteiger partial charge < -0.3 is 5.32 Å². The topological polar surface area (TPSA) is 15.3 Å². The summed E-state index contributed by atoms with van der Waals surface area (Å²) in [4.78, 5) is 2.37. The summed E-state index contributed by atoms with van der Waals surface area (Å²) in [5, 5.41) is 3.11. The lowest BCUT2D eigenvalue weighted by atomic mass is 9.95. The summed E-state index contributed by atoms with van der Waals surface area (Å²) in [7, 11) is 0. The molecule has 3 atom stereocenters. The molecule has 0 aromatic carbocycles. The van der Waals surface area contributed by atoms with Gasteiger partial charge in [0.1, 0.15) is 6.17 Å². The first-order valence-electron chi connectivity index (χ1n) is 5.86. The Labute approximate surface area is 85.9 Å². The second-order valence-corrected chi connectivity index (χ2v) is 4.82. The van der Waals surface area contributed by atoms with Crippen LogP contribution in [0.1, 0.15) is 26.2 Å². The van der Waals surface area contributed by atoms with Gasteiger partial charge in [-0.3, -0.25) is 4.90 Å². The summed E-state index contributed by atoms with van der Waals surface area (Å²) < 4.78 is 13.7. The second kappa shape index (κ2) is 4.58. The summed E-state index contributed by atoms with van der Waals surface area (Å²) in [5.74, 6) is 0.755. The van der Waals surface area contributed by atoms with E-state index in [1.54, 1.807) is 0 Å². The first kappa shape index (κ1) is 10.4. The summed E-state index contributed by atoms with van der Waals surface area (Å²) >= 11 is 0. The zero-order valence-corrected chi connectivity index (χ0v) is 9.01. The van der Waals surface area contributed by atoms with Gasteiger partial charge in [-0.2, -0.15) is 0 Å². The van der Waals surface area contributed by atoms with Crippen LogP contribution in [0.5, 0.6) is 0 Å². The van der Waals surface area contributed by atoms with Gasteiger partial charge in [0, 0.05) is 19.1 Å². The predicted octanol–water partition coefficient (Wildman–Crippen LogP) is 1.42. The van der Waals surface area contributed by atoms with E-state index >= 15 is 0 Å². The average Bonchev–Trinajstić information content (AvgIpc) is 2.18. The van der Waals surface area contributed by atoms with Gasteiger partial charge in [-0.15, -0.1) is 0 Å². The number of likely N-dealkylation sites (tertiary alicyclic amines) is 1. The van der Waals surface area contributed by atoms with Crippen LogP contribution in [0.4, 0.5) is 4.39 Å². The normalized spacial score (nSPS) is 41.1. The van der Waals surface area contributed by atoms with Gasteiger partial charge >= 0.3 is 0 Å². The quantitative estimate of drug-likeness (QED) is 0.688. The van der Waals surface area contributed by atoms with Crippen LogP contribution in [0, 0.1) is 5.92 Å². The fourth-order valence-corrected chi connectivity index (χ4v) is 2.75. The summed E-state index contributed by atoms with van der Waals surface area (Å²) in [6.07, 6.45) is 2.89. The van der Waals surface area contributed by atoms with Crippen molar-refractivity contribution in [2.24, 2.45) is 5.92 Å². The van der Waals surface area contributed by atoms with Crippen LogP contribution in [-0.4, -0.2) is 43.3 Å². The highest BCUT2D eigenvalue weighted by Crippen LogP contribution is 2.22. The van der Waals surface area contributed by atoms with Crippen LogP contribution in [0.2, 0.25) is 0 Å². The number of rotatable bonds is 1. The molecule has 2 aliphatic heterocycles. The molecule has 0 amide bonds. The molecule has 0 aromatic heterocycles. The maximum atomic E-state index is 13.7. The van der Waals surface area contributed by atoms with E-state index in [9.17, 15) is 4.39 Å². The first-order valence-corrected chi connectivity index (χ1v) is 5.86. The smallest absolute Gasteiger partial charge is 0.128 e. The maximum absolute atomic E-state index is 13.7. The highest BCUT2D eigenvalue weighted by Gasteiger charge is 2.31. The van der Waals surface area contributed by atoms with E-state index in [1.165, 1.54) is 12.8 Å². The molecule has 0 spiro atoms. The number of piperidine rings is 2. The Hall–Kier alpha value is -0.150. The number of hydrogen-bond donors (Lipinski definition) is 1. The Morgan fingerprint density at radius 3 is 2.93 bits per heavy atom. The summed E-state index contributed by atoms with van der Waals surface area (Å²) in [6, 6.07) is 0.194. The van der Waals surface area contributed by atoms with E-state index in [4.69, 9.17) is 0 Å². The number of hydrogen-bond acceptors (Lipinski definition) is 2. The predicted molar refractivity (Wildman–Crippen MR) is 56.1 cm³/mol. The van der Waals surface area contributed by atoms with Crippen LogP contribution in [0.3, 0.4) is 0 Å². The molecule has 2 saturated heterocycles. The molecular formula is C11H21FN2. The van der Waals surface area contributed by atoms with Gasteiger partial charge in [-0.1, -0.05) is 6.92 Å². The highest BCUT2D eigenvalue weighted by molar-refractivity contribution is 4.87. The molecule has 0 saturated carbocycles. The standard InChI is InChI=1S/C11H21FN2/c1-9-3-2-6-14(8-9)11-4-5-13-7-10(11)12/h9-11,13H,2-8H2,1H3/t9-,10?,11?/m1/s1. The Morgan fingerprint density at radius 2 is 2.21 bits per heavy atom. The van der Waals surface area contributed by atoms with E-state index in [1.807, 2.05) is 0 Å². The SMILES string of the molecule is C[C@@H]1CCCN(C2CCNCC2F)C1. The molecule has 2 rings (SSSR count). The Bertz CT molecular complexity index is 186. The number of halogens is 1. The van der Waals surface area contributed by atoms with Crippen molar-refractivity contribution < 1.29 is 4.39 Å². The monoisotopic (exact) mass is 200 g/mol. The minimum Gasteiger partial charge on any atom is -0.314 e. The third-order valence-corrected chi connectivity index (χ3v) is 3.53. The second-order valence-electron chi connectivity index (χ2n) is 4.82. The molecule has 0 aliphatic carbocycles. The zero-order valence-electron chi connectivity index (χ0n) is 9.01. The van der Waals surface area contributed by atoms with Crippen molar-refractivity contribution in [1.82, 2.24) is 10.2 Å². The Balaban J connectivity index is 1.91. The molecule has 0 radical (unpaired) electrons. The van der Waals surface area contributed by atoms with E-state index in [0.717, 1.165) is 32.0 Å². The molecule has 0 bridgehead atoms. The molecular weight excluding hydrogens is 179 g/mol. The third-order valence-electron chi connectivity index (χ3n) is 3.53. The Morgan fingerprint density at radius 1 is 1.36 bits per heavy atom. The molecule has 0 aromatic rings. The first-order chi connectivity index (χ1) is 6.77. The van der Waals surface area contributed by atoms with Crippen LogP contribution in [0.25, 0.3) is 0 Å². The van der Waals surface area contributed by atoms with Crippen molar-refractivity contribution in [3.8, 4) is 0 Å². The number of nitrogens with zero attached hydrogens (tertiary/aromatic N) is 1. The summed E-state index contributed by atoms with van der Waals surface area (Å²) in [5.41, 5.74) is 0. The number of alkyl halides is 1. The van der Waals surface area contributed by atoms with E-state index in [2.05, 4.69) is 17.1 Å². The van der Waals surface area contributed by atoms with Gasteiger partial charge in [-0.05, 0) is 38.3 Å². The molecule has 14 heavy (non-hydrogen) atoms. The molecule has 2 unspecified atom stereocenters. The lowest BCUT2D eigenvalue weighted by Crippen LogP contribution is -2.53. The molecule has 3 heteroatoms. The molecule has 2 aliphatic rings. The van der Waals surface area contributed by atoms with Gasteiger partial charge in [0.25, 0.3) is 0 Å². The maximum Gasteiger partial charge on any atom is 0.128 e. The van der Waals surface area contributed by atoms with Gasteiger partial charge in [0.15, 0.2) is 0 Å². The largest absolute Gasteiger partial charge is 0.314 e. The van der Waals surface area contributed by atoms with E-state index in [-0.39, 0.29) is 6.04 Å². The van der Waals surface area contributed by atoms with Crippen LogP contribution in [-0.2, 0) is 0 Å². The van der Waals surface area contributed by atoms with Gasteiger partial charge in [0.2, 0.25) is 0 Å². The van der Waals surface area contributed by atoms with Crippen molar-refractivity contribution in [3.63, 3.8) is 0 Å². The van der Waals surface area contributed by atoms with Crippen molar-refractivity contribution in [1.29, 1.82) is 0 Å². The van der Waals surface area contributed by atoms with E-state index < -0.39 is 6.17 Å². The average molecular weight is 200 g/mol. The van der Waals surface area contributed by atoms with Gasteiger partial charge in [0.05, 0.1) is 0 Å². The van der Waals surface area contributed by atoms with Crippen LogP contribution >= 0.6 is 0 Å². The van der Waals surface area contributed by atoms with Crippen molar-refractivity contribution >= 4 is 0 Å². The number of nitrogens with one attached hydrogen (secondary N) is 1. The van der Waals surface area contributed by atoms with E-state index in [0.29, 0.717) is 6.54 Å². The van der Waals surface area contributed by atoms with Crippen molar-refractivity contribution in [2.45, 2.75) is 38.4 Å². The van der Waals surface area contributed by atoms with Crippen molar-refractivity contribution in [2.75, 3.05) is 26.2 Å². The lowest BCUT2D eigenvalue weighted by Gasteiger charge is -2.40. The molecule has 2 fully saturated rings. The van der Waals surface area contributed by atoms with Crippen LogP contribution in [0.15, 0.2) is 0 Å². The minimum absolute atomic E-state index is 0.194. The Kier molecular flexibility index (Phi) is 3.39. The molecule has 82 valence electrons. The summed E-state index contributed by atoms with van der Waals surface area (Å²) in [6.45, 7) is 6.02. The fraction of sp³-hybridized carbons (Fsp3) is 1.00. The lowest BCUT2D eigenvalue weighted by molar-refractivity contribution is 0.0533. The molecule has 2 heterocycles. The van der Waals surface area contributed by atoms with Crippen molar-refractivity contribution in [3.05, 3.63) is 0 Å². The highest BCUT2D eigenvalue weighted by atomic mass is 19.1. The zero-order chi connectivity index (χ0) is 9.97. The fourth-order valence-electron chi connectivity index (χ4n) is 2.75. The van der Waals surface area contributed by atoms with Gasteiger partial charge in [-0.25, -0.2) is 4.39 Å². The molecule has 2 nitrogen and oxygen atoms in total.